The highest BCUT2D eigenvalue weighted by Crippen LogP contribution is 2.24. The summed E-state index contributed by atoms with van der Waals surface area (Å²) in [5.41, 5.74) is 6.20. The van der Waals surface area contributed by atoms with E-state index in [1.165, 1.54) is 0 Å². The van der Waals surface area contributed by atoms with Crippen molar-refractivity contribution < 1.29 is 19.1 Å². The van der Waals surface area contributed by atoms with Crippen molar-refractivity contribution in [2.45, 2.75) is 32.9 Å². The van der Waals surface area contributed by atoms with E-state index in [4.69, 9.17) is 10.5 Å². The number of hydrogen-bond donors (Lipinski definition) is 1. The van der Waals surface area contributed by atoms with E-state index >= 15 is 0 Å². The number of fused-ring (bicyclic) bond motifs is 1. The van der Waals surface area contributed by atoms with Crippen LogP contribution in [0.15, 0.2) is 18.2 Å². The molecule has 0 radical (unpaired) electrons. The van der Waals surface area contributed by atoms with E-state index in [1.807, 2.05) is 0 Å². The van der Waals surface area contributed by atoms with E-state index in [2.05, 4.69) is 0 Å². The van der Waals surface area contributed by atoms with E-state index in [9.17, 15) is 14.4 Å². The summed E-state index contributed by atoms with van der Waals surface area (Å²) in [6.07, 6.45) is 0. The van der Waals surface area contributed by atoms with Crippen LogP contribution in [0.3, 0.4) is 0 Å². The second-order valence-corrected chi connectivity index (χ2v) is 5.87. The molecule has 0 aliphatic carbocycles. The van der Waals surface area contributed by atoms with Gasteiger partial charge in [-0.05, 0) is 38.5 Å². The lowest BCUT2D eigenvalue weighted by molar-refractivity contribution is -0.155. The van der Waals surface area contributed by atoms with Gasteiger partial charge in [-0.25, -0.2) is 0 Å². The minimum Gasteiger partial charge on any atom is -0.459 e. The molecule has 0 bridgehead atoms. The Morgan fingerprint density at radius 1 is 1.19 bits per heavy atom. The Hall–Kier alpha value is -2.21. The highest BCUT2D eigenvalue weighted by atomic mass is 16.6. The van der Waals surface area contributed by atoms with Crippen molar-refractivity contribution in [2.24, 2.45) is 5.73 Å². The summed E-state index contributed by atoms with van der Waals surface area (Å²) >= 11 is 0. The Kier molecular flexibility index (Phi) is 3.82. The number of imide groups is 1. The van der Waals surface area contributed by atoms with Gasteiger partial charge in [-0.15, -0.1) is 0 Å². The fourth-order valence-electron chi connectivity index (χ4n) is 2.11. The standard InChI is InChI=1S/C15H18N2O4/c1-15(2,3)21-12(18)8-17-13(19)10-5-4-9(7-16)6-11(10)14(17)20/h4-6H,7-8,16H2,1-3H3. The molecule has 6 heteroatoms. The summed E-state index contributed by atoms with van der Waals surface area (Å²) in [6.45, 7) is 5.06. The van der Waals surface area contributed by atoms with Crippen LogP contribution in [-0.4, -0.2) is 34.8 Å². The predicted octanol–water partition coefficient (Wildman–Crippen LogP) is 1.08. The minimum atomic E-state index is -0.664. The largest absolute Gasteiger partial charge is 0.459 e. The molecular weight excluding hydrogens is 272 g/mol. The summed E-state index contributed by atoms with van der Waals surface area (Å²) in [5, 5.41) is 0. The van der Waals surface area contributed by atoms with Gasteiger partial charge in [0.1, 0.15) is 12.1 Å². The maximum Gasteiger partial charge on any atom is 0.326 e. The van der Waals surface area contributed by atoms with Crippen LogP contribution in [0.5, 0.6) is 0 Å². The lowest BCUT2D eigenvalue weighted by Crippen LogP contribution is -2.38. The second kappa shape index (κ2) is 5.29. The Labute approximate surface area is 122 Å². The number of carbonyl (C=O) groups is 3. The van der Waals surface area contributed by atoms with Gasteiger partial charge in [0.2, 0.25) is 0 Å². The van der Waals surface area contributed by atoms with E-state index in [1.54, 1.807) is 39.0 Å². The summed E-state index contributed by atoms with van der Waals surface area (Å²) in [5.74, 6) is -1.59. The molecule has 2 rings (SSSR count). The van der Waals surface area contributed by atoms with Gasteiger partial charge in [0.25, 0.3) is 11.8 Å². The van der Waals surface area contributed by atoms with Gasteiger partial charge in [-0.1, -0.05) is 6.07 Å². The van der Waals surface area contributed by atoms with Crippen molar-refractivity contribution in [3.63, 3.8) is 0 Å². The number of nitrogens with zero attached hydrogens (tertiary/aromatic N) is 1. The monoisotopic (exact) mass is 290 g/mol. The molecule has 0 saturated carbocycles. The quantitative estimate of drug-likeness (QED) is 0.664. The molecule has 112 valence electrons. The first-order chi connectivity index (χ1) is 9.73. The average molecular weight is 290 g/mol. The molecule has 0 aromatic heterocycles. The van der Waals surface area contributed by atoms with Gasteiger partial charge in [0, 0.05) is 6.54 Å². The molecule has 0 fully saturated rings. The summed E-state index contributed by atoms with van der Waals surface area (Å²) in [6, 6.07) is 4.85. The Bertz CT molecular complexity index is 617. The Morgan fingerprint density at radius 3 is 2.38 bits per heavy atom. The molecular formula is C15H18N2O4. The lowest BCUT2D eigenvalue weighted by Gasteiger charge is -2.21. The van der Waals surface area contributed by atoms with Crippen molar-refractivity contribution in [2.75, 3.05) is 6.54 Å². The van der Waals surface area contributed by atoms with Crippen LogP contribution in [0.25, 0.3) is 0 Å². The van der Waals surface area contributed by atoms with Crippen LogP contribution in [0, 0.1) is 0 Å². The zero-order chi connectivity index (χ0) is 15.8. The molecule has 2 amide bonds. The third-order valence-electron chi connectivity index (χ3n) is 2.98. The third-order valence-corrected chi connectivity index (χ3v) is 2.98. The highest BCUT2D eigenvalue weighted by molar-refractivity contribution is 6.22. The molecule has 1 aliphatic rings. The molecule has 1 aromatic rings. The Morgan fingerprint density at radius 2 is 1.81 bits per heavy atom. The van der Waals surface area contributed by atoms with Gasteiger partial charge < -0.3 is 10.5 Å². The lowest BCUT2D eigenvalue weighted by atomic mass is 10.1. The second-order valence-electron chi connectivity index (χ2n) is 5.87. The summed E-state index contributed by atoms with van der Waals surface area (Å²) in [4.78, 5) is 37.1. The number of esters is 1. The van der Waals surface area contributed by atoms with E-state index < -0.39 is 23.4 Å². The van der Waals surface area contributed by atoms with E-state index in [0.29, 0.717) is 5.56 Å². The molecule has 0 unspecified atom stereocenters. The summed E-state index contributed by atoms with van der Waals surface area (Å²) in [7, 11) is 0. The van der Waals surface area contributed by atoms with Crippen LogP contribution >= 0.6 is 0 Å². The molecule has 21 heavy (non-hydrogen) atoms. The van der Waals surface area contributed by atoms with Crippen LogP contribution < -0.4 is 5.73 Å². The van der Waals surface area contributed by atoms with Gasteiger partial charge >= 0.3 is 5.97 Å². The maximum absolute atomic E-state index is 12.2. The van der Waals surface area contributed by atoms with Crippen molar-refractivity contribution >= 4 is 17.8 Å². The number of carbonyl (C=O) groups excluding carboxylic acids is 3. The van der Waals surface area contributed by atoms with Gasteiger partial charge in [-0.2, -0.15) is 0 Å². The Balaban J connectivity index is 2.20. The first-order valence-corrected chi connectivity index (χ1v) is 6.64. The van der Waals surface area contributed by atoms with Gasteiger partial charge in [-0.3, -0.25) is 19.3 Å². The third kappa shape index (κ3) is 3.11. The average Bonchev–Trinajstić information content (AvgIpc) is 2.61. The molecule has 1 aliphatic heterocycles. The normalized spacial score (nSPS) is 14.4. The molecule has 0 spiro atoms. The van der Waals surface area contributed by atoms with Crippen molar-refractivity contribution in [1.29, 1.82) is 0 Å². The van der Waals surface area contributed by atoms with Crippen LogP contribution in [0.4, 0.5) is 0 Å². The van der Waals surface area contributed by atoms with Gasteiger partial charge in [0.05, 0.1) is 11.1 Å². The molecule has 1 heterocycles. The van der Waals surface area contributed by atoms with E-state index in [-0.39, 0.29) is 18.7 Å². The zero-order valence-electron chi connectivity index (χ0n) is 12.3. The molecule has 1 aromatic carbocycles. The predicted molar refractivity (Wildman–Crippen MR) is 75.5 cm³/mol. The molecule has 2 N–H and O–H groups in total. The topological polar surface area (TPSA) is 89.7 Å². The van der Waals surface area contributed by atoms with Crippen molar-refractivity contribution in [1.82, 2.24) is 4.90 Å². The highest BCUT2D eigenvalue weighted by Gasteiger charge is 2.37. The molecule has 0 saturated heterocycles. The van der Waals surface area contributed by atoms with Gasteiger partial charge in [0.15, 0.2) is 0 Å². The number of nitrogens with two attached hydrogens (primary N) is 1. The summed E-state index contributed by atoms with van der Waals surface area (Å²) < 4.78 is 5.13. The first-order valence-electron chi connectivity index (χ1n) is 6.64. The molecule has 6 nitrogen and oxygen atoms in total. The maximum atomic E-state index is 12.2. The van der Waals surface area contributed by atoms with E-state index in [0.717, 1.165) is 10.5 Å². The van der Waals surface area contributed by atoms with Crippen LogP contribution in [0.2, 0.25) is 0 Å². The fraction of sp³-hybridized carbons (Fsp3) is 0.400. The smallest absolute Gasteiger partial charge is 0.326 e. The minimum absolute atomic E-state index is 0.279. The number of rotatable bonds is 3. The number of amides is 2. The fourth-order valence-corrected chi connectivity index (χ4v) is 2.11. The SMILES string of the molecule is CC(C)(C)OC(=O)CN1C(=O)c2ccc(CN)cc2C1=O. The zero-order valence-corrected chi connectivity index (χ0v) is 12.3. The number of ether oxygens (including phenoxy) is 1. The number of hydrogen-bond acceptors (Lipinski definition) is 5. The van der Waals surface area contributed by atoms with Crippen molar-refractivity contribution in [3.8, 4) is 0 Å². The van der Waals surface area contributed by atoms with Crippen LogP contribution in [-0.2, 0) is 16.1 Å². The molecule has 0 atom stereocenters. The van der Waals surface area contributed by atoms with Crippen molar-refractivity contribution in [3.05, 3.63) is 34.9 Å². The van der Waals surface area contributed by atoms with Crippen LogP contribution in [0.1, 0.15) is 47.1 Å². The number of benzene rings is 1. The first kappa shape index (κ1) is 15.2.